The molecule has 0 unspecified atom stereocenters. The maximum Gasteiger partial charge on any atom is 0.374 e. The highest BCUT2D eigenvalue weighted by Crippen LogP contribution is 2.23. The van der Waals surface area contributed by atoms with Crippen LogP contribution in [0.25, 0.3) is 0 Å². The van der Waals surface area contributed by atoms with Crippen molar-refractivity contribution in [2.45, 2.75) is 6.92 Å². The molecular weight excluding hydrogens is 326 g/mol. The van der Waals surface area contributed by atoms with Gasteiger partial charge in [0.05, 0.1) is 12.0 Å². The zero-order chi connectivity index (χ0) is 14.5. The normalized spacial score (nSPS) is 10.1. The van der Waals surface area contributed by atoms with Crippen LogP contribution in [0.4, 0.5) is 5.69 Å². The fraction of sp³-hybridized carbons (Fsp3) is 0.143. The Hall–Kier alpha value is -2.08. The second-order valence-corrected chi connectivity index (χ2v) is 4.94. The number of amides is 1. The van der Waals surface area contributed by atoms with Crippen LogP contribution in [-0.2, 0) is 9.53 Å². The van der Waals surface area contributed by atoms with Gasteiger partial charge in [0.25, 0.3) is 5.91 Å². The molecule has 0 aliphatic heterocycles. The van der Waals surface area contributed by atoms with Crippen LogP contribution in [0.2, 0.25) is 0 Å². The van der Waals surface area contributed by atoms with Crippen molar-refractivity contribution in [3.05, 3.63) is 52.4 Å². The Morgan fingerprint density at radius 1 is 1.35 bits per heavy atom. The van der Waals surface area contributed by atoms with E-state index in [1.54, 1.807) is 12.1 Å². The lowest BCUT2D eigenvalue weighted by atomic mass is 10.2. The molecule has 1 aromatic carbocycles. The topological polar surface area (TPSA) is 68.5 Å². The van der Waals surface area contributed by atoms with Crippen molar-refractivity contribution in [1.82, 2.24) is 0 Å². The summed E-state index contributed by atoms with van der Waals surface area (Å²) in [6.07, 6.45) is 1.36. The first-order valence-electron chi connectivity index (χ1n) is 5.83. The number of benzene rings is 1. The molecule has 2 aromatic rings. The second kappa shape index (κ2) is 6.38. The van der Waals surface area contributed by atoms with Crippen molar-refractivity contribution in [3.8, 4) is 0 Å². The number of aryl methyl sites for hydroxylation is 1. The van der Waals surface area contributed by atoms with Crippen molar-refractivity contribution in [2.75, 3.05) is 11.9 Å². The molecule has 0 bridgehead atoms. The first-order chi connectivity index (χ1) is 9.56. The van der Waals surface area contributed by atoms with Gasteiger partial charge in [-0.1, -0.05) is 6.07 Å². The predicted molar refractivity (Wildman–Crippen MR) is 76.5 cm³/mol. The number of carbonyl (C=O) groups is 2. The number of nitrogens with one attached hydrogen (secondary N) is 1. The lowest BCUT2D eigenvalue weighted by Crippen LogP contribution is -2.21. The van der Waals surface area contributed by atoms with Gasteiger partial charge in [-0.15, -0.1) is 0 Å². The van der Waals surface area contributed by atoms with E-state index < -0.39 is 11.9 Å². The number of hydrogen-bond donors (Lipinski definition) is 1. The highest BCUT2D eigenvalue weighted by molar-refractivity contribution is 9.10. The van der Waals surface area contributed by atoms with Gasteiger partial charge in [0.15, 0.2) is 6.61 Å². The molecule has 1 amide bonds. The third-order valence-electron chi connectivity index (χ3n) is 2.46. The summed E-state index contributed by atoms with van der Waals surface area (Å²) in [6, 6.07) is 8.56. The number of esters is 1. The predicted octanol–water partition coefficient (Wildman–Crippen LogP) is 3.15. The first-order valence-corrected chi connectivity index (χ1v) is 6.62. The molecule has 0 saturated carbocycles. The molecule has 0 aliphatic carbocycles. The molecule has 0 fully saturated rings. The molecule has 2 rings (SSSR count). The lowest BCUT2D eigenvalue weighted by molar-refractivity contribution is -0.119. The van der Waals surface area contributed by atoms with Gasteiger partial charge in [0, 0.05) is 4.47 Å². The zero-order valence-corrected chi connectivity index (χ0v) is 12.3. The summed E-state index contributed by atoms with van der Waals surface area (Å²) < 4.78 is 10.5. The standard InChI is InChI=1S/C14H12BrNO4/c1-9-4-5-11(10(15)7-9)16-13(17)8-20-14(18)12-3-2-6-19-12/h2-7H,8H2,1H3,(H,16,17). The van der Waals surface area contributed by atoms with Crippen molar-refractivity contribution < 1.29 is 18.7 Å². The van der Waals surface area contributed by atoms with Gasteiger partial charge in [-0.3, -0.25) is 4.79 Å². The number of carbonyl (C=O) groups excluding carboxylic acids is 2. The Kier molecular flexibility index (Phi) is 4.57. The quantitative estimate of drug-likeness (QED) is 0.870. The minimum Gasteiger partial charge on any atom is -0.457 e. The SMILES string of the molecule is Cc1ccc(NC(=O)COC(=O)c2ccco2)c(Br)c1. The number of halogens is 1. The van der Waals surface area contributed by atoms with E-state index in [1.165, 1.54) is 12.3 Å². The summed E-state index contributed by atoms with van der Waals surface area (Å²) in [6.45, 7) is 1.57. The fourth-order valence-electron chi connectivity index (χ4n) is 1.50. The van der Waals surface area contributed by atoms with Crippen LogP contribution >= 0.6 is 15.9 Å². The zero-order valence-electron chi connectivity index (χ0n) is 10.7. The summed E-state index contributed by atoms with van der Waals surface area (Å²) >= 11 is 3.35. The third kappa shape index (κ3) is 3.71. The number of hydrogen-bond acceptors (Lipinski definition) is 4. The number of ether oxygens (including phenoxy) is 1. The molecule has 20 heavy (non-hydrogen) atoms. The number of furan rings is 1. The average Bonchev–Trinajstić information content (AvgIpc) is 2.93. The minimum atomic E-state index is -0.673. The van der Waals surface area contributed by atoms with Gasteiger partial charge in [0.1, 0.15) is 0 Å². The lowest BCUT2D eigenvalue weighted by Gasteiger charge is -2.08. The van der Waals surface area contributed by atoms with Crippen LogP contribution in [-0.4, -0.2) is 18.5 Å². The van der Waals surface area contributed by atoms with E-state index in [2.05, 4.69) is 21.2 Å². The molecular formula is C14H12BrNO4. The molecule has 5 nitrogen and oxygen atoms in total. The fourth-order valence-corrected chi connectivity index (χ4v) is 2.10. The number of anilines is 1. The van der Waals surface area contributed by atoms with Crippen LogP contribution < -0.4 is 5.32 Å². The maximum atomic E-state index is 11.7. The molecule has 1 heterocycles. The van der Waals surface area contributed by atoms with Gasteiger partial charge in [-0.05, 0) is 52.7 Å². The molecule has 0 spiro atoms. The summed E-state index contributed by atoms with van der Waals surface area (Å²) in [5.41, 5.74) is 1.69. The molecule has 0 atom stereocenters. The van der Waals surface area contributed by atoms with E-state index >= 15 is 0 Å². The minimum absolute atomic E-state index is 0.0642. The van der Waals surface area contributed by atoms with E-state index in [4.69, 9.17) is 9.15 Å². The van der Waals surface area contributed by atoms with Crippen molar-refractivity contribution in [3.63, 3.8) is 0 Å². The monoisotopic (exact) mass is 337 g/mol. The van der Waals surface area contributed by atoms with Gasteiger partial charge < -0.3 is 14.5 Å². The van der Waals surface area contributed by atoms with Crippen molar-refractivity contribution in [2.24, 2.45) is 0 Å². The van der Waals surface area contributed by atoms with Crippen LogP contribution in [0.3, 0.4) is 0 Å². The van der Waals surface area contributed by atoms with E-state index in [9.17, 15) is 9.59 Å². The van der Waals surface area contributed by atoms with E-state index in [-0.39, 0.29) is 12.4 Å². The molecule has 1 N–H and O–H groups in total. The number of rotatable bonds is 4. The summed E-state index contributed by atoms with van der Waals surface area (Å²) in [7, 11) is 0. The maximum absolute atomic E-state index is 11.7. The largest absolute Gasteiger partial charge is 0.457 e. The molecule has 0 radical (unpaired) electrons. The van der Waals surface area contributed by atoms with Gasteiger partial charge in [-0.25, -0.2) is 4.79 Å². The highest BCUT2D eigenvalue weighted by atomic mass is 79.9. The highest BCUT2D eigenvalue weighted by Gasteiger charge is 2.13. The van der Waals surface area contributed by atoms with Gasteiger partial charge in [0.2, 0.25) is 5.76 Å². The summed E-state index contributed by atoms with van der Waals surface area (Å²) in [4.78, 5) is 23.2. The van der Waals surface area contributed by atoms with E-state index in [0.29, 0.717) is 5.69 Å². The van der Waals surface area contributed by atoms with Gasteiger partial charge >= 0.3 is 5.97 Å². The second-order valence-electron chi connectivity index (χ2n) is 4.08. The van der Waals surface area contributed by atoms with Crippen LogP contribution in [0.15, 0.2) is 45.5 Å². The van der Waals surface area contributed by atoms with Crippen LogP contribution in [0.1, 0.15) is 16.1 Å². The Morgan fingerprint density at radius 2 is 2.15 bits per heavy atom. The van der Waals surface area contributed by atoms with E-state index in [1.807, 2.05) is 19.1 Å². The van der Waals surface area contributed by atoms with E-state index in [0.717, 1.165) is 10.0 Å². The first kappa shape index (κ1) is 14.3. The summed E-state index contributed by atoms with van der Waals surface area (Å²) in [5, 5.41) is 2.64. The molecule has 6 heteroatoms. The molecule has 1 aromatic heterocycles. The van der Waals surface area contributed by atoms with Crippen LogP contribution in [0, 0.1) is 6.92 Å². The average molecular weight is 338 g/mol. The van der Waals surface area contributed by atoms with Crippen LogP contribution in [0.5, 0.6) is 0 Å². The molecule has 0 saturated heterocycles. The Bertz CT molecular complexity index is 622. The summed E-state index contributed by atoms with van der Waals surface area (Å²) in [5.74, 6) is -1.03. The third-order valence-corrected chi connectivity index (χ3v) is 3.11. The Morgan fingerprint density at radius 3 is 2.80 bits per heavy atom. The smallest absolute Gasteiger partial charge is 0.374 e. The van der Waals surface area contributed by atoms with Gasteiger partial charge in [-0.2, -0.15) is 0 Å². The Labute approximate surface area is 124 Å². The molecule has 104 valence electrons. The Balaban J connectivity index is 1.88. The van der Waals surface area contributed by atoms with Crippen molar-refractivity contribution in [1.29, 1.82) is 0 Å². The molecule has 0 aliphatic rings. The van der Waals surface area contributed by atoms with Crippen molar-refractivity contribution >= 4 is 33.5 Å².